The lowest BCUT2D eigenvalue weighted by molar-refractivity contribution is -0.139. The number of aryl methyl sites for hydroxylation is 2. The van der Waals surface area contributed by atoms with E-state index in [0.717, 1.165) is 80.4 Å². The van der Waals surface area contributed by atoms with Gasteiger partial charge in [-0.2, -0.15) is 0 Å². The molecule has 0 saturated heterocycles. The third-order valence-corrected chi connectivity index (χ3v) is 7.68. The highest BCUT2D eigenvalue weighted by atomic mass is 31.0. The Balaban J connectivity index is 1.21. The van der Waals surface area contributed by atoms with Crippen LogP contribution in [0.2, 0.25) is 0 Å². The summed E-state index contributed by atoms with van der Waals surface area (Å²) in [5.41, 5.74) is 3.30. The van der Waals surface area contributed by atoms with Crippen molar-refractivity contribution in [2.45, 2.75) is 76.5 Å². The van der Waals surface area contributed by atoms with E-state index in [1.54, 1.807) is 6.92 Å². The summed E-state index contributed by atoms with van der Waals surface area (Å²) >= 11 is 0. The van der Waals surface area contributed by atoms with Gasteiger partial charge in [-0.3, -0.25) is 0 Å². The largest absolute Gasteiger partial charge is 0.480 e. The highest BCUT2D eigenvalue weighted by molar-refractivity contribution is 7.27. The maximum absolute atomic E-state index is 12.5. The first-order chi connectivity index (χ1) is 17.9. The Hall–Kier alpha value is -2.70. The van der Waals surface area contributed by atoms with Crippen LogP contribution in [0.25, 0.3) is 0 Å². The van der Waals surface area contributed by atoms with Gasteiger partial charge < -0.3 is 25.4 Å². The van der Waals surface area contributed by atoms with Crippen LogP contribution in [0.15, 0.2) is 36.4 Å². The van der Waals surface area contributed by atoms with Crippen molar-refractivity contribution in [3.05, 3.63) is 53.2 Å². The molecule has 1 aliphatic heterocycles. The number of carbonyl (C=O) groups excluding carboxylic acids is 1. The Morgan fingerprint density at radius 3 is 2.78 bits per heavy atom. The summed E-state index contributed by atoms with van der Waals surface area (Å²) in [5.74, 6) is 0.000160. The molecule has 2 heterocycles. The fourth-order valence-electron chi connectivity index (χ4n) is 4.88. The fraction of sp³-hybridized carbons (Fsp3) is 0.536. The van der Waals surface area contributed by atoms with Crippen LogP contribution in [-0.2, 0) is 22.4 Å². The van der Waals surface area contributed by atoms with Crippen molar-refractivity contribution in [2.24, 2.45) is 0 Å². The number of nitrogens with one attached hydrogen (secondary N) is 2. The zero-order valence-corrected chi connectivity index (χ0v) is 22.8. The van der Waals surface area contributed by atoms with Crippen molar-refractivity contribution in [1.29, 1.82) is 0 Å². The molecule has 37 heavy (non-hydrogen) atoms. The summed E-state index contributed by atoms with van der Waals surface area (Å²) in [5, 5.41) is 16.6. The molecule has 1 aromatic carbocycles. The highest BCUT2D eigenvalue weighted by Crippen LogP contribution is 2.28. The Morgan fingerprint density at radius 1 is 1.22 bits per heavy atom. The molecule has 2 aromatic rings. The third kappa shape index (κ3) is 8.14. The molecule has 3 atom stereocenters. The number of benzene rings is 1. The molecular formula is C28H39N4O4P. The molecular weight excluding hydrogens is 487 g/mol. The number of carbonyl (C=O) groups is 2. The number of aromatic nitrogens is 1. The number of nitrogens with zero attached hydrogens (tertiary/aromatic N) is 2. The molecule has 1 fully saturated rings. The lowest BCUT2D eigenvalue weighted by Crippen LogP contribution is -2.44. The number of fused-ring (bicyclic) bond motifs is 1. The van der Waals surface area contributed by atoms with Gasteiger partial charge in [0.05, 0.1) is 0 Å². The second-order valence-electron chi connectivity index (χ2n) is 10.1. The van der Waals surface area contributed by atoms with Crippen LogP contribution in [0.4, 0.5) is 10.6 Å². The van der Waals surface area contributed by atoms with Gasteiger partial charge in [0.2, 0.25) is 0 Å². The summed E-state index contributed by atoms with van der Waals surface area (Å²) in [6, 6.07) is 11.5. The number of pyridine rings is 1. The molecule has 0 radical (unpaired) electrons. The van der Waals surface area contributed by atoms with Crippen LogP contribution >= 0.6 is 9.24 Å². The second-order valence-corrected chi connectivity index (χ2v) is 10.7. The lowest BCUT2D eigenvalue weighted by atomic mass is 10.1. The van der Waals surface area contributed by atoms with E-state index >= 15 is 0 Å². The van der Waals surface area contributed by atoms with Crippen LogP contribution in [-0.4, -0.2) is 58.8 Å². The SMILES string of the molecule is CC(OC(=O)NC(CCN(CCCCc1ccc2c(n1)NCCC2)C1CC1)C(=O)O)c1ccccc1P. The molecule has 1 aromatic heterocycles. The molecule has 0 bridgehead atoms. The van der Waals surface area contributed by atoms with Crippen molar-refractivity contribution in [2.75, 3.05) is 25.0 Å². The van der Waals surface area contributed by atoms with Gasteiger partial charge in [-0.05, 0) is 87.3 Å². The highest BCUT2D eigenvalue weighted by Gasteiger charge is 2.30. The minimum atomic E-state index is -1.04. The molecule has 1 saturated carbocycles. The first kappa shape index (κ1) is 27.3. The van der Waals surface area contributed by atoms with Crippen LogP contribution < -0.4 is 15.9 Å². The Kier molecular flexibility index (Phi) is 9.75. The standard InChI is InChI=1S/C28H39N4O4P/c1-19(23-9-2-3-10-25(23)37)36-28(35)31-24(27(33)34)15-18-32(22-13-14-22)17-5-4-8-21-12-11-20-7-6-16-29-26(20)30-21/h2-3,9-12,19,22,24H,4-8,13-18,37H2,1H3,(H,29,30)(H,31,35)(H,33,34). The number of carboxylic acids is 1. The lowest BCUT2D eigenvalue weighted by Gasteiger charge is -2.24. The maximum Gasteiger partial charge on any atom is 0.408 e. The zero-order chi connectivity index (χ0) is 26.2. The number of hydrogen-bond donors (Lipinski definition) is 3. The Labute approximate surface area is 221 Å². The number of aliphatic carboxylic acids is 1. The number of hydrogen-bond acceptors (Lipinski definition) is 6. The monoisotopic (exact) mass is 526 g/mol. The molecule has 9 heteroatoms. The topological polar surface area (TPSA) is 104 Å². The third-order valence-electron chi connectivity index (χ3n) is 7.16. The molecule has 3 N–H and O–H groups in total. The zero-order valence-electron chi connectivity index (χ0n) is 21.6. The average molecular weight is 527 g/mol. The van der Waals surface area contributed by atoms with Crippen LogP contribution in [0, 0.1) is 0 Å². The average Bonchev–Trinajstić information content (AvgIpc) is 3.73. The van der Waals surface area contributed by atoms with Gasteiger partial charge >= 0.3 is 12.1 Å². The minimum Gasteiger partial charge on any atom is -0.480 e. The normalized spacial score (nSPS) is 16.4. The van der Waals surface area contributed by atoms with Gasteiger partial charge in [0.25, 0.3) is 0 Å². The van der Waals surface area contributed by atoms with E-state index in [0.29, 0.717) is 19.0 Å². The second kappa shape index (κ2) is 13.2. The van der Waals surface area contributed by atoms with E-state index in [1.165, 1.54) is 5.56 Å². The minimum absolute atomic E-state index is 0.341. The van der Waals surface area contributed by atoms with Crippen molar-refractivity contribution < 1.29 is 19.4 Å². The number of anilines is 1. The summed E-state index contributed by atoms with van der Waals surface area (Å²) in [7, 11) is 2.62. The van der Waals surface area contributed by atoms with Crippen molar-refractivity contribution in [3.8, 4) is 0 Å². The van der Waals surface area contributed by atoms with Gasteiger partial charge in [0.1, 0.15) is 18.0 Å². The fourth-order valence-corrected chi connectivity index (χ4v) is 5.32. The van der Waals surface area contributed by atoms with E-state index in [4.69, 9.17) is 9.72 Å². The molecule has 1 amide bonds. The summed E-state index contributed by atoms with van der Waals surface area (Å²) in [6.45, 7) is 4.33. The van der Waals surface area contributed by atoms with E-state index in [1.807, 2.05) is 24.3 Å². The van der Waals surface area contributed by atoms with Gasteiger partial charge in [-0.15, -0.1) is 9.24 Å². The number of rotatable bonds is 13. The number of alkyl carbamates (subject to hydrolysis) is 1. The molecule has 0 spiro atoms. The number of unbranched alkanes of at least 4 members (excludes halogenated alkanes) is 1. The van der Waals surface area contributed by atoms with E-state index in [-0.39, 0.29) is 0 Å². The quantitative estimate of drug-likeness (QED) is 0.267. The summed E-state index contributed by atoms with van der Waals surface area (Å²) in [4.78, 5) is 31.5. The first-order valence-electron chi connectivity index (χ1n) is 13.4. The molecule has 2 aliphatic rings. The summed E-state index contributed by atoms with van der Waals surface area (Å²) in [6.07, 6.45) is 6.72. The maximum atomic E-state index is 12.5. The Morgan fingerprint density at radius 2 is 2.03 bits per heavy atom. The molecule has 8 nitrogen and oxygen atoms in total. The summed E-state index contributed by atoms with van der Waals surface area (Å²) < 4.78 is 5.47. The Bertz CT molecular complexity index is 1080. The first-order valence-corrected chi connectivity index (χ1v) is 14.0. The number of carboxylic acid groups (broad SMARTS) is 1. The van der Waals surface area contributed by atoms with Crippen molar-refractivity contribution >= 4 is 32.4 Å². The number of amides is 1. The van der Waals surface area contributed by atoms with Gasteiger partial charge in [0.15, 0.2) is 0 Å². The predicted octanol–water partition coefficient (Wildman–Crippen LogP) is 4.06. The van der Waals surface area contributed by atoms with Gasteiger partial charge in [0, 0.05) is 24.8 Å². The van der Waals surface area contributed by atoms with E-state index in [2.05, 4.69) is 36.9 Å². The van der Waals surface area contributed by atoms with Gasteiger partial charge in [-0.25, -0.2) is 14.6 Å². The number of ether oxygens (including phenoxy) is 1. The smallest absolute Gasteiger partial charge is 0.408 e. The molecule has 1 aliphatic carbocycles. The predicted molar refractivity (Wildman–Crippen MR) is 148 cm³/mol. The molecule has 4 rings (SSSR count). The van der Waals surface area contributed by atoms with Crippen molar-refractivity contribution in [1.82, 2.24) is 15.2 Å². The molecule has 3 unspecified atom stereocenters. The van der Waals surface area contributed by atoms with E-state index < -0.39 is 24.2 Å². The van der Waals surface area contributed by atoms with E-state index in [9.17, 15) is 14.7 Å². The van der Waals surface area contributed by atoms with Crippen LogP contribution in [0.5, 0.6) is 0 Å². The van der Waals surface area contributed by atoms with Crippen LogP contribution in [0.3, 0.4) is 0 Å². The van der Waals surface area contributed by atoms with Gasteiger partial charge in [-0.1, -0.05) is 30.3 Å². The molecule has 200 valence electrons. The van der Waals surface area contributed by atoms with Crippen LogP contribution in [0.1, 0.15) is 68.4 Å². The van der Waals surface area contributed by atoms with Crippen molar-refractivity contribution in [3.63, 3.8) is 0 Å².